The fraction of sp³-hybridized carbons (Fsp3) is 0.211. The number of rotatable bonds is 4. The molecule has 0 radical (unpaired) electrons. The minimum Gasteiger partial charge on any atom is -0.469 e. The highest BCUT2D eigenvalue weighted by atomic mass is 35.5. The first-order valence-electron chi connectivity index (χ1n) is 7.99. The smallest absolute Gasteiger partial charge is 0.307 e. The molecule has 0 atom stereocenters. The molecule has 3 aromatic rings. The number of aromatic nitrogens is 1. The molecule has 1 amide bonds. The van der Waals surface area contributed by atoms with Gasteiger partial charge in [-0.2, -0.15) is 4.99 Å². The van der Waals surface area contributed by atoms with Gasteiger partial charge in [0.2, 0.25) is 0 Å². The number of hydrogen-bond acceptors (Lipinski definition) is 4. The maximum absolute atomic E-state index is 12.5. The number of ether oxygens (including phenoxy) is 1. The monoisotopic (exact) mass is 388 g/mol. The average Bonchev–Trinajstić information content (AvgIpc) is 2.96. The molecule has 5 nitrogen and oxygen atoms in total. The number of methoxy groups -OCH3 is 1. The van der Waals surface area contributed by atoms with Gasteiger partial charge in [0.15, 0.2) is 4.80 Å². The summed E-state index contributed by atoms with van der Waals surface area (Å²) in [5.41, 5.74) is 2.47. The number of halogens is 1. The molecule has 0 saturated carbocycles. The van der Waals surface area contributed by atoms with Gasteiger partial charge in [-0.3, -0.25) is 9.59 Å². The molecule has 0 saturated heterocycles. The van der Waals surface area contributed by atoms with Gasteiger partial charge >= 0.3 is 5.97 Å². The Morgan fingerprint density at radius 3 is 2.62 bits per heavy atom. The molecule has 3 rings (SSSR count). The fourth-order valence-corrected chi connectivity index (χ4v) is 3.83. The SMILES string of the molecule is COC(=O)CCn1c(=NC(=O)c2ccc(C)cc2)sc2cc(Cl)ccc21. The van der Waals surface area contributed by atoms with E-state index >= 15 is 0 Å². The molecule has 0 N–H and O–H groups in total. The van der Waals surface area contributed by atoms with Gasteiger partial charge in [-0.15, -0.1) is 0 Å². The summed E-state index contributed by atoms with van der Waals surface area (Å²) in [5, 5.41) is 0.607. The van der Waals surface area contributed by atoms with Gasteiger partial charge in [0.05, 0.1) is 23.7 Å². The second kappa shape index (κ2) is 7.85. The van der Waals surface area contributed by atoms with Crippen LogP contribution in [-0.2, 0) is 16.1 Å². The fourth-order valence-electron chi connectivity index (χ4n) is 2.50. The van der Waals surface area contributed by atoms with Gasteiger partial charge < -0.3 is 9.30 Å². The molecule has 2 aromatic carbocycles. The number of carbonyl (C=O) groups is 2. The first-order chi connectivity index (χ1) is 12.5. The number of hydrogen-bond donors (Lipinski definition) is 0. The molecule has 0 unspecified atom stereocenters. The Morgan fingerprint density at radius 1 is 1.19 bits per heavy atom. The van der Waals surface area contributed by atoms with E-state index in [0.717, 1.165) is 15.8 Å². The lowest BCUT2D eigenvalue weighted by atomic mass is 10.1. The highest BCUT2D eigenvalue weighted by Crippen LogP contribution is 2.22. The van der Waals surface area contributed by atoms with Crippen molar-refractivity contribution in [3.63, 3.8) is 0 Å². The van der Waals surface area contributed by atoms with Gasteiger partial charge in [0, 0.05) is 17.1 Å². The Labute approximate surface area is 159 Å². The highest BCUT2D eigenvalue weighted by Gasteiger charge is 2.11. The number of amides is 1. The van der Waals surface area contributed by atoms with Crippen LogP contribution >= 0.6 is 22.9 Å². The molecule has 0 aliphatic heterocycles. The van der Waals surface area contributed by atoms with Crippen molar-refractivity contribution in [2.75, 3.05) is 7.11 Å². The average molecular weight is 389 g/mol. The number of fused-ring (bicyclic) bond motifs is 1. The Balaban J connectivity index is 2.06. The standard InChI is InChI=1S/C19H17ClN2O3S/c1-12-3-5-13(6-4-12)18(24)21-19-22(10-9-17(23)25-2)15-8-7-14(20)11-16(15)26-19/h3-8,11H,9-10H2,1-2H3. The normalized spacial score (nSPS) is 11.7. The molecule has 26 heavy (non-hydrogen) atoms. The van der Waals surface area contributed by atoms with Gasteiger partial charge in [0.25, 0.3) is 5.91 Å². The maximum Gasteiger partial charge on any atom is 0.307 e. The van der Waals surface area contributed by atoms with E-state index in [0.29, 0.717) is 21.9 Å². The van der Waals surface area contributed by atoms with Crippen LogP contribution < -0.4 is 4.80 Å². The predicted octanol–water partition coefficient (Wildman–Crippen LogP) is 3.97. The van der Waals surface area contributed by atoms with E-state index in [1.54, 1.807) is 18.2 Å². The quantitative estimate of drug-likeness (QED) is 0.635. The van der Waals surface area contributed by atoms with E-state index in [2.05, 4.69) is 4.99 Å². The molecule has 0 fully saturated rings. The summed E-state index contributed by atoms with van der Waals surface area (Å²) in [5.74, 6) is -0.643. The van der Waals surface area contributed by atoms with Crippen molar-refractivity contribution in [3.05, 3.63) is 63.4 Å². The van der Waals surface area contributed by atoms with Crippen LogP contribution in [0.4, 0.5) is 0 Å². The van der Waals surface area contributed by atoms with Gasteiger partial charge in [-0.25, -0.2) is 0 Å². The van der Waals surface area contributed by atoms with Crippen molar-refractivity contribution in [3.8, 4) is 0 Å². The predicted molar refractivity (Wildman–Crippen MR) is 103 cm³/mol. The second-order valence-corrected chi connectivity index (χ2v) is 7.20. The number of benzene rings is 2. The van der Waals surface area contributed by atoms with Crippen LogP contribution in [0, 0.1) is 6.92 Å². The molecular formula is C19H17ClN2O3S. The van der Waals surface area contributed by atoms with Gasteiger partial charge in [-0.1, -0.05) is 40.6 Å². The summed E-state index contributed by atoms with van der Waals surface area (Å²) >= 11 is 7.43. The highest BCUT2D eigenvalue weighted by molar-refractivity contribution is 7.16. The van der Waals surface area contributed by atoms with Crippen LogP contribution in [-0.4, -0.2) is 23.6 Å². The van der Waals surface area contributed by atoms with Crippen LogP contribution in [0.2, 0.25) is 5.02 Å². The third-order valence-electron chi connectivity index (χ3n) is 3.91. The van der Waals surface area contributed by atoms with Crippen LogP contribution in [0.25, 0.3) is 10.2 Å². The Kier molecular flexibility index (Phi) is 5.54. The minimum atomic E-state index is -0.325. The number of aryl methyl sites for hydroxylation is 2. The molecule has 7 heteroatoms. The lowest BCUT2D eigenvalue weighted by Crippen LogP contribution is -2.19. The molecule has 1 heterocycles. The first-order valence-corrected chi connectivity index (χ1v) is 9.19. The summed E-state index contributed by atoms with van der Waals surface area (Å²) in [6, 6.07) is 12.7. The van der Waals surface area contributed by atoms with Crippen molar-refractivity contribution in [2.24, 2.45) is 4.99 Å². The third kappa shape index (κ3) is 4.03. The molecule has 0 aliphatic carbocycles. The number of thiazole rings is 1. The van der Waals surface area contributed by atoms with Crippen molar-refractivity contribution >= 4 is 45.0 Å². The molecule has 0 aliphatic rings. The van der Waals surface area contributed by atoms with E-state index in [4.69, 9.17) is 16.3 Å². The number of nitrogens with zero attached hydrogens (tertiary/aromatic N) is 2. The van der Waals surface area contributed by atoms with E-state index in [1.807, 2.05) is 35.8 Å². The molecular weight excluding hydrogens is 372 g/mol. The summed E-state index contributed by atoms with van der Waals surface area (Å²) in [7, 11) is 1.35. The second-order valence-electron chi connectivity index (χ2n) is 5.76. The summed E-state index contributed by atoms with van der Waals surface area (Å²) in [6.45, 7) is 2.33. The number of carbonyl (C=O) groups excluding carboxylic acids is 2. The zero-order valence-electron chi connectivity index (χ0n) is 14.4. The number of esters is 1. The van der Waals surface area contributed by atoms with Crippen LogP contribution in [0.5, 0.6) is 0 Å². The van der Waals surface area contributed by atoms with Gasteiger partial charge in [0.1, 0.15) is 0 Å². The first kappa shape index (κ1) is 18.4. The lowest BCUT2D eigenvalue weighted by Gasteiger charge is -2.04. The molecule has 134 valence electrons. The van der Waals surface area contributed by atoms with Crippen molar-refractivity contribution in [1.29, 1.82) is 0 Å². The summed E-state index contributed by atoms with van der Waals surface area (Å²) in [6.07, 6.45) is 0.191. The summed E-state index contributed by atoms with van der Waals surface area (Å²) < 4.78 is 7.46. The van der Waals surface area contributed by atoms with E-state index in [-0.39, 0.29) is 18.3 Å². The zero-order chi connectivity index (χ0) is 18.7. The third-order valence-corrected chi connectivity index (χ3v) is 5.18. The maximum atomic E-state index is 12.5. The van der Waals surface area contributed by atoms with Crippen molar-refractivity contribution in [1.82, 2.24) is 4.57 Å². The molecule has 0 spiro atoms. The summed E-state index contributed by atoms with van der Waals surface area (Å²) in [4.78, 5) is 28.9. The minimum absolute atomic E-state index is 0.191. The van der Waals surface area contributed by atoms with E-state index in [1.165, 1.54) is 18.4 Å². The lowest BCUT2D eigenvalue weighted by molar-refractivity contribution is -0.140. The van der Waals surface area contributed by atoms with Crippen LogP contribution in [0.3, 0.4) is 0 Å². The van der Waals surface area contributed by atoms with Crippen molar-refractivity contribution in [2.45, 2.75) is 19.9 Å². The van der Waals surface area contributed by atoms with E-state index < -0.39 is 0 Å². The molecule has 1 aromatic heterocycles. The topological polar surface area (TPSA) is 60.7 Å². The van der Waals surface area contributed by atoms with Crippen molar-refractivity contribution < 1.29 is 14.3 Å². The Morgan fingerprint density at radius 2 is 1.92 bits per heavy atom. The zero-order valence-corrected chi connectivity index (χ0v) is 15.9. The van der Waals surface area contributed by atoms with Crippen LogP contribution in [0.1, 0.15) is 22.3 Å². The van der Waals surface area contributed by atoms with Gasteiger partial charge in [-0.05, 0) is 37.3 Å². The molecule has 0 bridgehead atoms. The Bertz CT molecular complexity index is 1040. The Hall–Kier alpha value is -2.44. The van der Waals surface area contributed by atoms with Crippen LogP contribution in [0.15, 0.2) is 47.5 Å². The largest absolute Gasteiger partial charge is 0.469 e. The van der Waals surface area contributed by atoms with E-state index in [9.17, 15) is 9.59 Å².